The number of fused-ring (bicyclic) bond motifs is 1. The Balaban J connectivity index is 2.10. The average Bonchev–Trinajstić information content (AvgIpc) is 2.54. The molecule has 0 unspecified atom stereocenters. The van der Waals surface area contributed by atoms with Crippen molar-refractivity contribution < 1.29 is 0 Å². The van der Waals surface area contributed by atoms with Crippen molar-refractivity contribution in [2.45, 2.75) is 46.0 Å². The van der Waals surface area contributed by atoms with E-state index in [0.717, 1.165) is 12.8 Å². The molecule has 23 heavy (non-hydrogen) atoms. The molecule has 0 atom stereocenters. The van der Waals surface area contributed by atoms with Crippen molar-refractivity contribution in [3.05, 3.63) is 88.5 Å². The summed E-state index contributed by atoms with van der Waals surface area (Å²) >= 11 is 0. The fourth-order valence-corrected chi connectivity index (χ4v) is 3.37. The Morgan fingerprint density at radius 3 is 2.48 bits per heavy atom. The molecular formula is C23H26. The van der Waals surface area contributed by atoms with Gasteiger partial charge in [0.2, 0.25) is 0 Å². The van der Waals surface area contributed by atoms with Crippen LogP contribution in [0.15, 0.2) is 60.7 Å². The van der Waals surface area contributed by atoms with Crippen LogP contribution >= 0.6 is 0 Å². The molecule has 0 N–H and O–H groups in total. The second kappa shape index (κ2) is 6.20. The van der Waals surface area contributed by atoms with E-state index < -0.39 is 0 Å². The molecule has 0 aromatic heterocycles. The number of benzene rings is 2. The molecule has 0 saturated heterocycles. The monoisotopic (exact) mass is 302 g/mol. The largest absolute Gasteiger partial charge is 0.0913 e. The topological polar surface area (TPSA) is 0 Å². The average molecular weight is 302 g/mol. The second-order valence-electron chi connectivity index (χ2n) is 7.22. The minimum absolute atomic E-state index is 0.211. The zero-order valence-electron chi connectivity index (χ0n) is 14.7. The molecule has 0 bridgehead atoms. The number of aryl methyl sites for hydroxylation is 1. The van der Waals surface area contributed by atoms with Crippen molar-refractivity contribution in [2.24, 2.45) is 0 Å². The van der Waals surface area contributed by atoms with Gasteiger partial charge < -0.3 is 0 Å². The van der Waals surface area contributed by atoms with E-state index in [1.54, 1.807) is 0 Å². The summed E-state index contributed by atoms with van der Waals surface area (Å²) in [6.07, 6.45) is 8.88. The Bertz CT molecular complexity index is 755. The third-order valence-electron chi connectivity index (χ3n) is 4.87. The Labute approximate surface area is 140 Å². The van der Waals surface area contributed by atoms with Gasteiger partial charge in [-0.05, 0) is 59.9 Å². The van der Waals surface area contributed by atoms with E-state index in [-0.39, 0.29) is 5.41 Å². The summed E-state index contributed by atoms with van der Waals surface area (Å²) in [7, 11) is 0. The van der Waals surface area contributed by atoms with Crippen molar-refractivity contribution in [2.75, 3.05) is 0 Å². The zero-order chi connectivity index (χ0) is 16.4. The lowest BCUT2D eigenvalue weighted by molar-refractivity contribution is 0.527. The lowest BCUT2D eigenvalue weighted by Gasteiger charge is -2.32. The smallest absolute Gasteiger partial charge is 0.00626 e. The minimum Gasteiger partial charge on any atom is -0.0913 e. The molecule has 0 heteroatoms. The second-order valence-corrected chi connectivity index (χ2v) is 7.22. The maximum absolute atomic E-state index is 2.42. The molecule has 0 nitrogen and oxygen atoms in total. The molecule has 1 aliphatic rings. The Hall–Kier alpha value is -2.08. The van der Waals surface area contributed by atoms with Crippen molar-refractivity contribution in [1.29, 1.82) is 0 Å². The summed E-state index contributed by atoms with van der Waals surface area (Å²) in [5.74, 6) is 0. The van der Waals surface area contributed by atoms with E-state index in [1.165, 1.54) is 33.4 Å². The van der Waals surface area contributed by atoms with Crippen LogP contribution in [0.2, 0.25) is 0 Å². The Kier molecular flexibility index (Phi) is 4.26. The van der Waals surface area contributed by atoms with E-state index >= 15 is 0 Å². The minimum atomic E-state index is 0.211. The molecule has 0 saturated carbocycles. The highest BCUT2D eigenvalue weighted by Gasteiger charge is 2.28. The van der Waals surface area contributed by atoms with Crippen LogP contribution in [-0.4, -0.2) is 0 Å². The summed E-state index contributed by atoms with van der Waals surface area (Å²) in [4.78, 5) is 0. The molecule has 0 heterocycles. The maximum Gasteiger partial charge on any atom is -0.00626 e. The third-order valence-corrected chi connectivity index (χ3v) is 4.87. The van der Waals surface area contributed by atoms with Crippen LogP contribution in [0.25, 0.3) is 5.57 Å². The Morgan fingerprint density at radius 2 is 1.78 bits per heavy atom. The molecule has 0 fully saturated rings. The predicted molar refractivity (Wildman–Crippen MR) is 101 cm³/mol. The first kappa shape index (κ1) is 15.8. The van der Waals surface area contributed by atoms with Crippen LogP contribution in [-0.2, 0) is 11.8 Å². The Morgan fingerprint density at radius 1 is 1.04 bits per heavy atom. The number of hydrogen-bond donors (Lipinski definition) is 0. The normalized spacial score (nSPS) is 16.3. The highest BCUT2D eigenvalue weighted by Crippen LogP contribution is 2.41. The molecular weight excluding hydrogens is 276 g/mol. The number of allylic oxidation sites excluding steroid dienone is 3. The summed E-state index contributed by atoms with van der Waals surface area (Å²) < 4.78 is 0. The number of hydrogen-bond acceptors (Lipinski definition) is 0. The summed E-state index contributed by atoms with van der Waals surface area (Å²) in [6, 6.07) is 15.9. The van der Waals surface area contributed by atoms with Gasteiger partial charge in [-0.15, -0.1) is 0 Å². The SMILES string of the molecule is C/C=C/Cc1ccc2c(c1)C(c1ccc(C)cc1)=CCC2(C)C. The van der Waals surface area contributed by atoms with Crippen LogP contribution in [0.4, 0.5) is 0 Å². The van der Waals surface area contributed by atoms with E-state index in [9.17, 15) is 0 Å². The van der Waals surface area contributed by atoms with Gasteiger partial charge in [0.25, 0.3) is 0 Å². The first-order valence-corrected chi connectivity index (χ1v) is 8.53. The molecule has 1 aliphatic carbocycles. The van der Waals surface area contributed by atoms with Gasteiger partial charge in [-0.1, -0.05) is 80.1 Å². The quantitative estimate of drug-likeness (QED) is 0.590. The first-order chi connectivity index (χ1) is 11.0. The molecule has 3 rings (SSSR count). The van der Waals surface area contributed by atoms with E-state index in [1.807, 2.05) is 0 Å². The molecule has 0 radical (unpaired) electrons. The van der Waals surface area contributed by atoms with Crippen LogP contribution in [0.5, 0.6) is 0 Å². The van der Waals surface area contributed by atoms with Crippen molar-refractivity contribution in [1.82, 2.24) is 0 Å². The van der Waals surface area contributed by atoms with Crippen molar-refractivity contribution >= 4 is 5.57 Å². The van der Waals surface area contributed by atoms with Crippen molar-refractivity contribution in [3.8, 4) is 0 Å². The highest BCUT2D eigenvalue weighted by molar-refractivity contribution is 5.83. The van der Waals surface area contributed by atoms with Crippen LogP contribution in [0, 0.1) is 6.92 Å². The first-order valence-electron chi connectivity index (χ1n) is 8.53. The lowest BCUT2D eigenvalue weighted by Crippen LogP contribution is -2.22. The van der Waals surface area contributed by atoms with E-state index in [0.29, 0.717) is 0 Å². The highest BCUT2D eigenvalue weighted by atomic mass is 14.3. The standard InChI is InChI=1S/C23H26/c1-5-6-7-18-10-13-22-21(16-18)20(14-15-23(22,3)4)19-11-8-17(2)9-12-19/h5-6,8-14,16H,7,15H2,1-4H3/b6-5+. The fraction of sp³-hybridized carbons (Fsp3) is 0.304. The molecule has 2 aromatic carbocycles. The fourth-order valence-electron chi connectivity index (χ4n) is 3.37. The molecule has 0 amide bonds. The summed E-state index contributed by atoms with van der Waals surface area (Å²) in [5, 5.41) is 0. The van der Waals surface area contributed by atoms with Gasteiger partial charge >= 0.3 is 0 Å². The van der Waals surface area contributed by atoms with Gasteiger partial charge in [0.1, 0.15) is 0 Å². The van der Waals surface area contributed by atoms with E-state index in [2.05, 4.69) is 88.4 Å². The van der Waals surface area contributed by atoms with Gasteiger partial charge in [0.05, 0.1) is 0 Å². The van der Waals surface area contributed by atoms with Crippen molar-refractivity contribution in [3.63, 3.8) is 0 Å². The lowest BCUT2D eigenvalue weighted by atomic mass is 9.72. The van der Waals surface area contributed by atoms with Crippen LogP contribution in [0.3, 0.4) is 0 Å². The van der Waals surface area contributed by atoms with Gasteiger partial charge in [-0.2, -0.15) is 0 Å². The van der Waals surface area contributed by atoms with Gasteiger partial charge in [0, 0.05) is 0 Å². The van der Waals surface area contributed by atoms with Gasteiger partial charge in [-0.3, -0.25) is 0 Å². The van der Waals surface area contributed by atoms with E-state index in [4.69, 9.17) is 0 Å². The van der Waals surface area contributed by atoms with Crippen LogP contribution < -0.4 is 0 Å². The molecule has 2 aromatic rings. The molecule has 0 spiro atoms. The van der Waals surface area contributed by atoms with Gasteiger partial charge in [-0.25, -0.2) is 0 Å². The van der Waals surface area contributed by atoms with Crippen LogP contribution in [0.1, 0.15) is 55.0 Å². The summed E-state index contributed by atoms with van der Waals surface area (Å²) in [6.45, 7) is 8.92. The molecule has 118 valence electrons. The predicted octanol–water partition coefficient (Wildman–Crippen LogP) is 6.23. The third kappa shape index (κ3) is 3.17. The zero-order valence-corrected chi connectivity index (χ0v) is 14.7. The van der Waals surface area contributed by atoms with Gasteiger partial charge in [0.15, 0.2) is 0 Å². The maximum atomic E-state index is 2.42. The summed E-state index contributed by atoms with van der Waals surface area (Å²) in [5.41, 5.74) is 8.51. The molecule has 0 aliphatic heterocycles. The number of rotatable bonds is 3.